The monoisotopic (exact) mass is 375 g/mol. The van der Waals surface area contributed by atoms with Gasteiger partial charge in [-0.15, -0.1) is 0 Å². The average molecular weight is 375 g/mol. The standard InChI is InChI=1S/C17H21N5O3S/c1-22-13-8-12(10-19-16(13)21-17(22)26-3)25-11-4-6-18-14(9-11)20-15(23)5-7-24-2/h4,6,8-10,26H,5,7H2,1-3H3,(H,19,21)(H,18,20,23). The largest absolute Gasteiger partial charge is 0.455 e. The molecule has 26 heavy (non-hydrogen) atoms. The maximum atomic E-state index is 11.8. The lowest BCUT2D eigenvalue weighted by molar-refractivity contribution is -0.117. The van der Waals surface area contributed by atoms with Gasteiger partial charge in [0.1, 0.15) is 22.1 Å². The Morgan fingerprint density at radius 3 is 2.96 bits per heavy atom. The van der Waals surface area contributed by atoms with Crippen LogP contribution in [0.25, 0.3) is 11.2 Å². The number of pyridine rings is 2. The van der Waals surface area contributed by atoms with Crippen molar-refractivity contribution < 1.29 is 14.3 Å². The first-order chi connectivity index (χ1) is 12.6. The Kier molecular flexibility index (Phi) is 5.69. The number of fused-ring (bicyclic) bond motifs is 1. The van der Waals surface area contributed by atoms with Gasteiger partial charge in [-0.2, -0.15) is 11.4 Å². The van der Waals surface area contributed by atoms with Gasteiger partial charge in [0.25, 0.3) is 0 Å². The van der Waals surface area contributed by atoms with Crippen molar-refractivity contribution in [2.45, 2.75) is 6.42 Å². The number of rotatable bonds is 6. The summed E-state index contributed by atoms with van der Waals surface area (Å²) in [5.74, 6) is 1.44. The first kappa shape index (κ1) is 18.2. The molecule has 1 amide bonds. The number of hydrogen-bond donors (Lipinski definition) is 3. The van der Waals surface area contributed by atoms with E-state index >= 15 is 0 Å². The molecule has 3 rings (SSSR count). The molecule has 0 radical (unpaired) electrons. The molecular weight excluding hydrogens is 354 g/mol. The van der Waals surface area contributed by atoms with Crippen molar-refractivity contribution in [3.8, 4) is 11.5 Å². The van der Waals surface area contributed by atoms with Gasteiger partial charge >= 0.3 is 0 Å². The number of carbonyl (C=O) groups is 1. The summed E-state index contributed by atoms with van der Waals surface area (Å²) in [6.45, 7) is 0.362. The van der Waals surface area contributed by atoms with Crippen molar-refractivity contribution in [3.63, 3.8) is 0 Å². The number of anilines is 1. The number of aromatic amines is 1. The molecule has 0 spiro atoms. The van der Waals surface area contributed by atoms with Crippen LogP contribution < -0.4 is 10.1 Å². The summed E-state index contributed by atoms with van der Waals surface area (Å²) in [5, 5.41) is 2.72. The molecule has 0 unspecified atom stereocenters. The number of amides is 1. The number of hydrogen-bond acceptors (Lipinski definition) is 5. The lowest BCUT2D eigenvalue weighted by Gasteiger charge is -2.08. The Bertz CT molecular complexity index is 995. The predicted molar refractivity (Wildman–Crippen MR) is 103 cm³/mol. The zero-order valence-electron chi connectivity index (χ0n) is 14.8. The van der Waals surface area contributed by atoms with Crippen molar-refractivity contribution in [2.24, 2.45) is 7.05 Å². The van der Waals surface area contributed by atoms with Gasteiger partial charge in [-0.3, -0.25) is 4.79 Å². The molecule has 8 nitrogen and oxygen atoms in total. The Hall–Kier alpha value is -2.65. The molecule has 0 aliphatic rings. The summed E-state index contributed by atoms with van der Waals surface area (Å²) in [6.07, 6.45) is 5.57. The average Bonchev–Trinajstić information content (AvgIpc) is 2.96. The van der Waals surface area contributed by atoms with Gasteiger partial charge in [0.15, 0.2) is 5.65 Å². The number of imidazole rings is 1. The molecule has 0 fully saturated rings. The quantitative estimate of drug-likeness (QED) is 0.455. The predicted octanol–water partition coefficient (Wildman–Crippen LogP) is 2.69. The van der Waals surface area contributed by atoms with E-state index in [4.69, 9.17) is 9.47 Å². The minimum atomic E-state index is -0.162. The fraction of sp³-hybridized carbons (Fsp3) is 0.294. The van der Waals surface area contributed by atoms with Crippen LogP contribution in [0.1, 0.15) is 6.42 Å². The van der Waals surface area contributed by atoms with E-state index in [9.17, 15) is 4.79 Å². The molecule has 0 aliphatic carbocycles. The number of ether oxygens (including phenoxy) is 2. The van der Waals surface area contributed by atoms with E-state index < -0.39 is 0 Å². The third-order valence-corrected chi connectivity index (χ3v) is 4.57. The lowest BCUT2D eigenvalue weighted by Crippen LogP contribution is -2.14. The number of nitrogens with zero attached hydrogens (tertiary/aromatic N) is 3. The van der Waals surface area contributed by atoms with Gasteiger partial charge in [-0.25, -0.2) is 9.97 Å². The maximum absolute atomic E-state index is 11.8. The third kappa shape index (κ3) is 4.12. The van der Waals surface area contributed by atoms with E-state index in [0.29, 0.717) is 23.9 Å². The summed E-state index contributed by atoms with van der Waals surface area (Å²) >= 11 is 1.13. The van der Waals surface area contributed by atoms with Crippen LogP contribution in [-0.4, -0.2) is 45.4 Å². The van der Waals surface area contributed by atoms with Crippen molar-refractivity contribution in [1.29, 1.82) is 0 Å². The van der Waals surface area contributed by atoms with E-state index in [1.165, 1.54) is 0 Å². The molecule has 0 saturated heterocycles. The Labute approximate surface area is 154 Å². The van der Waals surface area contributed by atoms with Gasteiger partial charge in [-0.1, -0.05) is 0 Å². The minimum Gasteiger partial charge on any atom is -0.455 e. The normalized spacial score (nSPS) is 12.0. The van der Waals surface area contributed by atoms with Crippen LogP contribution in [0.4, 0.5) is 5.82 Å². The summed E-state index contributed by atoms with van der Waals surface area (Å²) in [7, 11) is 3.54. The number of thiol groups is 1. The van der Waals surface area contributed by atoms with Crippen LogP contribution >= 0.6 is 11.4 Å². The Balaban J connectivity index is 1.78. The molecule has 3 heterocycles. The van der Waals surface area contributed by atoms with Gasteiger partial charge in [0, 0.05) is 32.5 Å². The number of aromatic nitrogens is 4. The topological polar surface area (TPSA) is 94.1 Å². The van der Waals surface area contributed by atoms with Crippen LogP contribution in [0.2, 0.25) is 0 Å². The van der Waals surface area contributed by atoms with Gasteiger partial charge in [-0.05, 0) is 12.3 Å². The highest BCUT2D eigenvalue weighted by atomic mass is 32.1. The molecule has 3 aromatic rings. The number of carbonyl (C=O) groups excluding carboxylic acids is 1. The van der Waals surface area contributed by atoms with Crippen LogP contribution in [0.15, 0.2) is 30.6 Å². The molecule has 138 valence electrons. The van der Waals surface area contributed by atoms with Crippen LogP contribution in [0.3, 0.4) is 0 Å². The first-order valence-electron chi connectivity index (χ1n) is 8.01. The highest BCUT2D eigenvalue weighted by Crippen LogP contribution is 2.25. The van der Waals surface area contributed by atoms with E-state index in [-0.39, 0.29) is 12.3 Å². The second-order valence-corrected chi connectivity index (χ2v) is 6.41. The summed E-state index contributed by atoms with van der Waals surface area (Å²) in [5.41, 5.74) is 1.76. The van der Waals surface area contributed by atoms with Crippen molar-refractivity contribution in [2.75, 3.05) is 25.3 Å². The molecule has 0 saturated carbocycles. The Morgan fingerprint density at radius 2 is 2.19 bits per heavy atom. The Morgan fingerprint density at radius 1 is 1.35 bits per heavy atom. The van der Waals surface area contributed by atoms with Gasteiger partial charge in [0.2, 0.25) is 5.91 Å². The molecule has 0 atom stereocenters. The molecule has 9 heteroatoms. The van der Waals surface area contributed by atoms with Crippen molar-refractivity contribution >= 4 is 34.2 Å². The van der Waals surface area contributed by atoms with E-state index in [1.807, 2.05) is 17.7 Å². The second kappa shape index (κ2) is 8.15. The number of methoxy groups -OCH3 is 1. The summed E-state index contributed by atoms with van der Waals surface area (Å²) < 4.78 is 13.9. The third-order valence-electron chi connectivity index (χ3n) is 3.73. The van der Waals surface area contributed by atoms with E-state index in [0.717, 1.165) is 27.3 Å². The molecule has 0 aliphatic heterocycles. The first-order valence-corrected chi connectivity index (χ1v) is 9.35. The second-order valence-electron chi connectivity index (χ2n) is 5.54. The van der Waals surface area contributed by atoms with Crippen molar-refractivity contribution in [3.05, 3.63) is 35.4 Å². The fourth-order valence-electron chi connectivity index (χ4n) is 2.43. The van der Waals surface area contributed by atoms with Crippen LogP contribution in [0, 0.1) is 4.77 Å². The van der Waals surface area contributed by atoms with Crippen LogP contribution in [-0.2, 0) is 16.6 Å². The fourth-order valence-corrected chi connectivity index (χ4v) is 3.06. The lowest BCUT2D eigenvalue weighted by atomic mass is 10.3. The summed E-state index contributed by atoms with van der Waals surface area (Å²) in [4.78, 5) is 23.6. The SMILES string of the molecule is COCCC(=O)Nc1cc(Oc2cnc3[nH]/c(=[SH]\C)n(C)c3c2)ccn1. The zero-order valence-corrected chi connectivity index (χ0v) is 15.7. The van der Waals surface area contributed by atoms with Gasteiger partial charge < -0.3 is 24.3 Å². The van der Waals surface area contributed by atoms with E-state index in [2.05, 4.69) is 26.5 Å². The summed E-state index contributed by atoms with van der Waals surface area (Å²) in [6, 6.07) is 5.31. The van der Waals surface area contributed by atoms with E-state index in [1.54, 1.807) is 31.6 Å². The molecule has 3 aromatic heterocycles. The van der Waals surface area contributed by atoms with Crippen LogP contribution in [0.5, 0.6) is 11.5 Å². The highest BCUT2D eigenvalue weighted by molar-refractivity contribution is 7.90. The number of H-pyrrole nitrogens is 1. The molecular formula is C17H21N5O3S. The zero-order chi connectivity index (χ0) is 18.5. The highest BCUT2D eigenvalue weighted by Gasteiger charge is 2.07. The number of aryl methyl sites for hydroxylation is 1. The smallest absolute Gasteiger partial charge is 0.227 e. The number of nitrogens with one attached hydrogen (secondary N) is 2. The maximum Gasteiger partial charge on any atom is 0.227 e. The molecule has 0 bridgehead atoms. The minimum absolute atomic E-state index is 0.162. The molecule has 0 aromatic carbocycles. The van der Waals surface area contributed by atoms with Gasteiger partial charge in [0.05, 0.1) is 24.7 Å². The molecule has 2 N–H and O–H groups in total. The van der Waals surface area contributed by atoms with Crippen molar-refractivity contribution in [1.82, 2.24) is 19.5 Å².